The summed E-state index contributed by atoms with van der Waals surface area (Å²) in [6, 6.07) is 8.59. The minimum absolute atomic E-state index is 0.119. The van der Waals surface area contributed by atoms with E-state index in [1.807, 2.05) is 18.4 Å². The van der Waals surface area contributed by atoms with Crippen molar-refractivity contribution in [2.75, 3.05) is 13.1 Å². The van der Waals surface area contributed by atoms with Gasteiger partial charge >= 0.3 is 6.18 Å². The summed E-state index contributed by atoms with van der Waals surface area (Å²) in [5.74, 6) is 0.588. The van der Waals surface area contributed by atoms with Crippen molar-refractivity contribution in [2.24, 2.45) is 5.92 Å². The predicted molar refractivity (Wildman–Crippen MR) is 113 cm³/mol. The van der Waals surface area contributed by atoms with Crippen LogP contribution in [0.15, 0.2) is 34.9 Å². The molecule has 0 radical (unpaired) electrons. The van der Waals surface area contributed by atoms with Gasteiger partial charge in [-0.1, -0.05) is 18.6 Å². The van der Waals surface area contributed by atoms with Crippen LogP contribution in [-0.4, -0.2) is 36.1 Å². The fraction of sp³-hybridized carbons (Fsp3) is 0.625. The molecule has 170 valence electrons. The molecular formula is C24H31F3N2O2. The molecule has 0 aromatic rings. The number of likely N-dealkylation sites (tertiary alicyclic amines) is 1. The van der Waals surface area contributed by atoms with Crippen molar-refractivity contribution in [2.45, 2.75) is 76.0 Å². The van der Waals surface area contributed by atoms with Gasteiger partial charge in [-0.3, -0.25) is 9.69 Å². The highest BCUT2D eigenvalue weighted by Gasteiger charge is 2.33. The van der Waals surface area contributed by atoms with Crippen molar-refractivity contribution in [3.63, 3.8) is 0 Å². The summed E-state index contributed by atoms with van der Waals surface area (Å²) in [6.45, 7) is 2.12. The van der Waals surface area contributed by atoms with Crippen molar-refractivity contribution in [3.05, 3.63) is 36.1 Å². The van der Waals surface area contributed by atoms with E-state index in [0.717, 1.165) is 62.9 Å². The third kappa shape index (κ3) is 6.03. The second-order valence-corrected chi connectivity index (χ2v) is 9.14. The smallest absolute Gasteiger partial charge is 0.397 e. The van der Waals surface area contributed by atoms with Gasteiger partial charge in [0.2, 0.25) is 5.91 Å². The molecule has 0 spiro atoms. The molecule has 4 nitrogen and oxygen atoms in total. The van der Waals surface area contributed by atoms with Gasteiger partial charge in [-0.25, -0.2) is 0 Å². The number of carbonyl (C=O) groups excluding carboxylic acids is 1. The zero-order valence-electron chi connectivity index (χ0n) is 17.8. The van der Waals surface area contributed by atoms with E-state index in [0.29, 0.717) is 12.0 Å². The molecule has 1 amide bonds. The highest BCUT2D eigenvalue weighted by atomic mass is 19.4. The fourth-order valence-electron chi connectivity index (χ4n) is 5.20. The molecule has 7 heteroatoms. The lowest BCUT2D eigenvalue weighted by Crippen LogP contribution is -2.40. The molecule has 0 aromatic carbocycles. The van der Waals surface area contributed by atoms with E-state index in [-0.39, 0.29) is 6.04 Å². The molecule has 31 heavy (non-hydrogen) atoms. The van der Waals surface area contributed by atoms with Crippen LogP contribution in [0.3, 0.4) is 0 Å². The van der Waals surface area contributed by atoms with Gasteiger partial charge in [-0.15, -0.1) is 0 Å². The molecule has 1 atom stereocenters. The Bertz CT molecular complexity index is 826. The first-order valence-corrected chi connectivity index (χ1v) is 11.4. The summed E-state index contributed by atoms with van der Waals surface area (Å²) in [4.78, 5) is 14.1. The fourth-order valence-corrected chi connectivity index (χ4v) is 5.20. The van der Waals surface area contributed by atoms with Crippen LogP contribution in [0.2, 0.25) is 0 Å². The second-order valence-electron chi connectivity index (χ2n) is 9.14. The van der Waals surface area contributed by atoms with Crippen LogP contribution in [0.25, 0.3) is 11.3 Å². The summed E-state index contributed by atoms with van der Waals surface area (Å²) in [7, 11) is 0. The third-order valence-corrected chi connectivity index (χ3v) is 6.85. The van der Waals surface area contributed by atoms with Crippen LogP contribution < -0.4 is 5.32 Å². The standard InChI is InChI=1S/C24H31F3N2O2/c25-24(26,27)15-23(30)28-20-9-7-17(8-10-20)11-13-29-12-2-1-5-21(29)19-14-18-4-3-6-22(18)31-16-19/h3-4,6,14,16-17,20-21H,1-2,5,7-13,15H2,(H,28,30). The molecule has 0 aromatic heterocycles. The first kappa shape index (κ1) is 22.2. The van der Waals surface area contributed by atoms with Crippen molar-refractivity contribution in [3.8, 4) is 11.3 Å². The maximum absolute atomic E-state index is 12.3. The molecule has 1 saturated carbocycles. The Hall–Kier alpha value is -2.02. The number of hydrogen-bond donors (Lipinski definition) is 1. The predicted octanol–water partition coefficient (Wildman–Crippen LogP) is 5.93. The van der Waals surface area contributed by atoms with Gasteiger partial charge in [0, 0.05) is 23.2 Å². The first-order valence-electron chi connectivity index (χ1n) is 11.4. The van der Waals surface area contributed by atoms with Gasteiger partial charge in [0.25, 0.3) is 0 Å². The van der Waals surface area contributed by atoms with Crippen molar-refractivity contribution >= 4 is 5.91 Å². The Morgan fingerprint density at radius 2 is 1.94 bits per heavy atom. The van der Waals surface area contributed by atoms with E-state index in [1.54, 1.807) is 0 Å². The molecule has 2 fully saturated rings. The number of halogens is 3. The Balaban J connectivity index is 1.26. The Morgan fingerprint density at radius 1 is 1.13 bits per heavy atom. The van der Waals surface area contributed by atoms with E-state index < -0.39 is 18.5 Å². The highest BCUT2D eigenvalue weighted by Crippen LogP contribution is 2.36. The topological polar surface area (TPSA) is 45.5 Å². The summed E-state index contributed by atoms with van der Waals surface area (Å²) >= 11 is 0. The van der Waals surface area contributed by atoms with Gasteiger partial charge in [0.15, 0.2) is 0 Å². The second kappa shape index (κ2) is 9.63. The van der Waals surface area contributed by atoms with Crippen LogP contribution in [0.1, 0.15) is 69.4 Å². The first-order chi connectivity index (χ1) is 14.9. The van der Waals surface area contributed by atoms with E-state index in [2.05, 4.69) is 22.3 Å². The molecule has 2 heterocycles. The number of fused-ring (bicyclic) bond motifs is 1. The third-order valence-electron chi connectivity index (χ3n) is 6.85. The molecule has 4 aliphatic rings. The van der Waals surface area contributed by atoms with Crippen molar-refractivity contribution < 1.29 is 22.4 Å². The number of nitrogens with one attached hydrogen (secondary N) is 1. The van der Waals surface area contributed by atoms with Gasteiger partial charge in [0.1, 0.15) is 12.2 Å². The minimum atomic E-state index is -4.44. The lowest BCUT2D eigenvalue weighted by atomic mass is 9.83. The lowest BCUT2D eigenvalue weighted by Gasteiger charge is -2.37. The number of alkyl halides is 3. The summed E-state index contributed by atoms with van der Waals surface area (Å²) < 4.78 is 42.8. The largest absolute Gasteiger partial charge is 0.464 e. The normalized spacial score (nSPS) is 25.6. The number of piperidine rings is 1. The maximum Gasteiger partial charge on any atom is 0.397 e. The molecule has 1 unspecified atom stereocenters. The van der Waals surface area contributed by atoms with E-state index in [4.69, 9.17) is 4.42 Å². The number of rotatable bonds is 6. The van der Waals surface area contributed by atoms with Crippen LogP contribution in [0, 0.1) is 5.92 Å². The molecule has 1 N–H and O–H groups in total. The van der Waals surface area contributed by atoms with Gasteiger partial charge in [-0.2, -0.15) is 13.2 Å². The quantitative estimate of drug-likeness (QED) is 0.611. The lowest BCUT2D eigenvalue weighted by molar-refractivity contribution is -0.154. The minimum Gasteiger partial charge on any atom is -0.464 e. The van der Waals surface area contributed by atoms with Gasteiger partial charge in [0.05, 0.1) is 6.26 Å². The number of nitrogens with zero attached hydrogens (tertiary/aromatic N) is 1. The number of amides is 1. The Labute approximate surface area is 181 Å². The van der Waals surface area contributed by atoms with Crippen LogP contribution in [0.4, 0.5) is 13.2 Å². The Kier molecular flexibility index (Phi) is 6.89. The monoisotopic (exact) mass is 436 g/mol. The van der Waals surface area contributed by atoms with E-state index in [9.17, 15) is 18.0 Å². The van der Waals surface area contributed by atoms with Crippen LogP contribution >= 0.6 is 0 Å². The zero-order valence-corrected chi connectivity index (χ0v) is 17.8. The van der Waals surface area contributed by atoms with Crippen molar-refractivity contribution in [1.82, 2.24) is 10.2 Å². The average molecular weight is 437 g/mol. The van der Waals surface area contributed by atoms with Crippen molar-refractivity contribution in [1.29, 1.82) is 0 Å². The molecule has 2 aliphatic carbocycles. The van der Waals surface area contributed by atoms with Gasteiger partial charge < -0.3 is 9.73 Å². The average Bonchev–Trinajstić information content (AvgIpc) is 3.20. The SMILES string of the molecule is O=C(CC(F)(F)F)NC1CCC(CCN2CCCCC2c2coc3cccc-3c2)CC1. The maximum atomic E-state index is 12.3. The van der Waals surface area contributed by atoms with E-state index >= 15 is 0 Å². The molecule has 1 saturated heterocycles. The summed E-state index contributed by atoms with van der Waals surface area (Å²) in [6.07, 6.45) is 4.21. The van der Waals surface area contributed by atoms with Crippen LogP contribution in [-0.2, 0) is 4.79 Å². The molecule has 4 rings (SSSR count). The molecule has 2 aliphatic heterocycles. The summed E-state index contributed by atoms with van der Waals surface area (Å²) in [5.41, 5.74) is 2.39. The van der Waals surface area contributed by atoms with Gasteiger partial charge in [-0.05, 0) is 76.1 Å². The number of carbonyl (C=O) groups is 1. The number of hydrogen-bond acceptors (Lipinski definition) is 3. The molecule has 0 bridgehead atoms. The van der Waals surface area contributed by atoms with Crippen LogP contribution in [0.5, 0.6) is 0 Å². The summed E-state index contributed by atoms with van der Waals surface area (Å²) in [5, 5.41) is 2.56. The highest BCUT2D eigenvalue weighted by molar-refractivity contribution is 5.76. The van der Waals surface area contributed by atoms with E-state index in [1.165, 1.54) is 18.4 Å². The molecular weight excluding hydrogens is 405 g/mol. The Morgan fingerprint density at radius 3 is 2.71 bits per heavy atom. The zero-order chi connectivity index (χ0) is 21.8.